The van der Waals surface area contributed by atoms with Crippen LogP contribution in [-0.2, 0) is 12.6 Å². The van der Waals surface area contributed by atoms with E-state index in [0.717, 1.165) is 23.8 Å². The molecule has 2 aromatic rings. The number of halogens is 4. The molecule has 3 N–H and O–H groups in total. The highest BCUT2D eigenvalue weighted by atomic mass is 19.4. The van der Waals surface area contributed by atoms with E-state index in [2.05, 4.69) is 0 Å². The van der Waals surface area contributed by atoms with Crippen molar-refractivity contribution in [1.29, 1.82) is 0 Å². The molecule has 2 nitrogen and oxygen atoms in total. The number of aliphatic hydroxyl groups is 1. The Kier molecular flexibility index (Phi) is 4.83. The van der Waals surface area contributed by atoms with Gasteiger partial charge in [-0.15, -0.1) is 0 Å². The van der Waals surface area contributed by atoms with Crippen LogP contribution in [0.4, 0.5) is 17.6 Å². The topological polar surface area (TPSA) is 46.2 Å². The lowest BCUT2D eigenvalue weighted by atomic mass is 9.97. The molecule has 0 unspecified atom stereocenters. The number of hydrogen-bond donors (Lipinski definition) is 2. The lowest BCUT2D eigenvalue weighted by molar-refractivity contribution is -0.137. The lowest BCUT2D eigenvalue weighted by Gasteiger charge is -2.13. The summed E-state index contributed by atoms with van der Waals surface area (Å²) < 4.78 is 52.3. The van der Waals surface area contributed by atoms with Crippen molar-refractivity contribution >= 4 is 0 Å². The molecular formula is C16H15F4NO. The zero-order valence-corrected chi connectivity index (χ0v) is 11.6. The number of nitrogens with two attached hydrogens (primary N) is 1. The Bertz CT molecular complexity index is 636. The Morgan fingerprint density at radius 1 is 1.05 bits per heavy atom. The summed E-state index contributed by atoms with van der Waals surface area (Å²) in [6, 6.07) is 8.70. The van der Waals surface area contributed by atoms with Crippen molar-refractivity contribution in [3.63, 3.8) is 0 Å². The van der Waals surface area contributed by atoms with Crippen molar-refractivity contribution in [2.75, 3.05) is 0 Å². The molecule has 118 valence electrons. The van der Waals surface area contributed by atoms with Crippen LogP contribution in [0.2, 0.25) is 0 Å². The molecule has 0 aliphatic heterocycles. The summed E-state index contributed by atoms with van der Waals surface area (Å²) in [5.74, 6) is -0.724. The number of hydrogen-bond acceptors (Lipinski definition) is 2. The molecule has 1 atom stereocenters. The summed E-state index contributed by atoms with van der Waals surface area (Å²) in [6.45, 7) is 0. The van der Waals surface area contributed by atoms with Crippen molar-refractivity contribution in [3.8, 4) is 11.1 Å². The van der Waals surface area contributed by atoms with Gasteiger partial charge in [0.1, 0.15) is 12.0 Å². The van der Waals surface area contributed by atoms with Crippen LogP contribution in [0.5, 0.6) is 0 Å². The van der Waals surface area contributed by atoms with Gasteiger partial charge in [0.15, 0.2) is 0 Å². The molecule has 2 aromatic carbocycles. The quantitative estimate of drug-likeness (QED) is 0.667. The molecule has 2 rings (SSSR count). The molecule has 0 saturated carbocycles. The number of alkyl halides is 3. The maximum Gasteiger partial charge on any atom is 0.417 e. The van der Waals surface area contributed by atoms with Gasteiger partial charge in [0.25, 0.3) is 0 Å². The minimum absolute atomic E-state index is 0.196. The second-order valence-corrected chi connectivity index (χ2v) is 4.99. The van der Waals surface area contributed by atoms with Gasteiger partial charge >= 0.3 is 6.18 Å². The average Bonchev–Trinajstić information content (AvgIpc) is 2.44. The summed E-state index contributed by atoms with van der Waals surface area (Å²) in [4.78, 5) is 0. The van der Waals surface area contributed by atoms with Gasteiger partial charge in [-0.3, -0.25) is 0 Å². The molecule has 0 spiro atoms. The normalized spacial score (nSPS) is 13.2. The van der Waals surface area contributed by atoms with E-state index < -0.39 is 23.8 Å². The highest BCUT2D eigenvalue weighted by Gasteiger charge is 2.33. The molecule has 0 aliphatic rings. The minimum atomic E-state index is -4.55. The van der Waals surface area contributed by atoms with Gasteiger partial charge in [-0.25, -0.2) is 4.39 Å². The molecule has 0 aromatic heterocycles. The van der Waals surface area contributed by atoms with E-state index in [0.29, 0.717) is 12.8 Å². The smallest absolute Gasteiger partial charge is 0.379 e. The van der Waals surface area contributed by atoms with Crippen LogP contribution < -0.4 is 5.73 Å². The molecule has 0 saturated heterocycles. The first kappa shape index (κ1) is 16.5. The van der Waals surface area contributed by atoms with E-state index in [1.807, 2.05) is 0 Å². The summed E-state index contributed by atoms with van der Waals surface area (Å²) >= 11 is 0. The van der Waals surface area contributed by atoms with Crippen LogP contribution in [0.25, 0.3) is 11.1 Å². The molecule has 0 heterocycles. The van der Waals surface area contributed by atoms with E-state index >= 15 is 0 Å². The van der Waals surface area contributed by atoms with Gasteiger partial charge in [-0.05, 0) is 47.7 Å². The van der Waals surface area contributed by atoms with Crippen molar-refractivity contribution in [2.24, 2.45) is 5.73 Å². The number of aryl methyl sites for hydroxylation is 1. The highest BCUT2D eigenvalue weighted by Crippen LogP contribution is 2.37. The summed E-state index contributed by atoms with van der Waals surface area (Å²) in [6.07, 6.45) is -4.62. The molecule has 0 radical (unpaired) electrons. The Hall–Kier alpha value is -1.92. The second kappa shape index (κ2) is 6.46. The number of aliphatic hydroxyl groups excluding tert-OH is 1. The van der Waals surface area contributed by atoms with Crippen molar-refractivity contribution in [2.45, 2.75) is 25.2 Å². The van der Waals surface area contributed by atoms with Gasteiger partial charge in [-0.2, -0.15) is 13.2 Å². The molecule has 0 bridgehead atoms. The molecular weight excluding hydrogens is 298 g/mol. The molecule has 0 aliphatic carbocycles. The molecule has 6 heteroatoms. The lowest BCUT2D eigenvalue weighted by Crippen LogP contribution is -2.19. The van der Waals surface area contributed by atoms with E-state index in [1.54, 1.807) is 12.1 Å². The highest BCUT2D eigenvalue weighted by molar-refractivity contribution is 5.68. The summed E-state index contributed by atoms with van der Waals surface area (Å²) in [7, 11) is 0. The van der Waals surface area contributed by atoms with E-state index in [1.165, 1.54) is 12.1 Å². The van der Waals surface area contributed by atoms with Crippen molar-refractivity contribution in [1.82, 2.24) is 0 Å². The van der Waals surface area contributed by atoms with E-state index in [4.69, 9.17) is 10.8 Å². The fraction of sp³-hybridized carbons (Fsp3) is 0.250. The number of benzene rings is 2. The second-order valence-electron chi connectivity index (χ2n) is 4.99. The Balaban J connectivity index is 2.34. The van der Waals surface area contributed by atoms with Crippen LogP contribution in [0, 0.1) is 5.82 Å². The minimum Gasteiger partial charge on any atom is -0.379 e. The van der Waals surface area contributed by atoms with Crippen LogP contribution >= 0.6 is 0 Å². The predicted molar refractivity (Wildman–Crippen MR) is 75.4 cm³/mol. The first-order valence-corrected chi connectivity index (χ1v) is 6.67. The fourth-order valence-corrected chi connectivity index (χ4v) is 2.17. The Morgan fingerprint density at radius 3 is 2.23 bits per heavy atom. The van der Waals surface area contributed by atoms with Gasteiger partial charge < -0.3 is 10.8 Å². The van der Waals surface area contributed by atoms with Gasteiger partial charge in [-0.1, -0.05) is 24.3 Å². The Morgan fingerprint density at radius 2 is 1.68 bits per heavy atom. The third-order valence-electron chi connectivity index (χ3n) is 3.28. The standard InChI is InChI=1S/C16H15F4NO/c17-12-6-7-14(16(18,19)20)13(9-12)11-4-1-10(2-5-11)3-8-15(21)22/h1-2,4-7,9,15,22H,3,8,21H2/t15-/m1/s1. The van der Waals surface area contributed by atoms with Crippen LogP contribution in [0.3, 0.4) is 0 Å². The largest absolute Gasteiger partial charge is 0.417 e. The maximum absolute atomic E-state index is 13.3. The zero-order chi connectivity index (χ0) is 16.3. The molecule has 0 amide bonds. The molecule has 22 heavy (non-hydrogen) atoms. The van der Waals surface area contributed by atoms with Gasteiger partial charge in [0.2, 0.25) is 0 Å². The molecule has 0 fully saturated rings. The third-order valence-corrected chi connectivity index (χ3v) is 3.28. The van der Waals surface area contributed by atoms with Crippen LogP contribution in [-0.4, -0.2) is 11.3 Å². The summed E-state index contributed by atoms with van der Waals surface area (Å²) in [5, 5.41) is 9.01. The van der Waals surface area contributed by atoms with Crippen molar-refractivity contribution in [3.05, 3.63) is 59.4 Å². The van der Waals surface area contributed by atoms with Crippen molar-refractivity contribution < 1.29 is 22.7 Å². The Labute approximate surface area is 125 Å². The predicted octanol–water partition coefficient (Wildman–Crippen LogP) is 3.72. The van der Waals surface area contributed by atoms with Crippen LogP contribution in [0.1, 0.15) is 17.5 Å². The number of rotatable bonds is 4. The SMILES string of the molecule is N[C@H](O)CCc1ccc(-c2cc(F)ccc2C(F)(F)F)cc1. The maximum atomic E-state index is 13.3. The van der Waals surface area contributed by atoms with Crippen LogP contribution in [0.15, 0.2) is 42.5 Å². The van der Waals surface area contributed by atoms with E-state index in [-0.39, 0.29) is 11.1 Å². The van der Waals surface area contributed by atoms with E-state index in [9.17, 15) is 17.6 Å². The monoisotopic (exact) mass is 313 g/mol. The average molecular weight is 313 g/mol. The first-order valence-electron chi connectivity index (χ1n) is 6.67. The van der Waals surface area contributed by atoms with Gasteiger partial charge in [0, 0.05) is 0 Å². The summed E-state index contributed by atoms with van der Waals surface area (Å²) in [5.41, 5.74) is 5.28. The first-order chi connectivity index (χ1) is 10.3. The zero-order valence-electron chi connectivity index (χ0n) is 11.6. The van der Waals surface area contributed by atoms with Gasteiger partial charge in [0.05, 0.1) is 5.56 Å². The third kappa shape index (κ3) is 4.05. The fourth-order valence-electron chi connectivity index (χ4n) is 2.17.